The lowest BCUT2D eigenvalue weighted by atomic mass is 10.7. The number of guanidine groups is 1. The highest BCUT2D eigenvalue weighted by Gasteiger charge is 2.15. The Bertz CT molecular complexity index is 524. The predicted molar refractivity (Wildman–Crippen MR) is 74.7 cm³/mol. The quantitative estimate of drug-likeness (QED) is 0.472. The highest BCUT2D eigenvalue weighted by molar-refractivity contribution is 7.91. The number of hydrogen-bond acceptors (Lipinski definition) is 4. The Labute approximate surface area is 116 Å². The van der Waals surface area contributed by atoms with E-state index >= 15 is 0 Å². The molecule has 6 nitrogen and oxygen atoms in total. The van der Waals surface area contributed by atoms with Gasteiger partial charge >= 0.3 is 0 Å². The summed E-state index contributed by atoms with van der Waals surface area (Å²) in [6, 6.07) is 3.01. The summed E-state index contributed by atoms with van der Waals surface area (Å²) in [5.41, 5.74) is 5.56. The van der Waals surface area contributed by atoms with Crippen LogP contribution in [0, 0.1) is 0 Å². The average molecular weight is 311 g/mol. The number of aliphatic imine (C=N–C) groups is 1. The second kappa shape index (κ2) is 6.37. The Morgan fingerprint density at radius 1 is 1.56 bits per heavy atom. The number of halogens is 1. The lowest BCUT2D eigenvalue weighted by Gasteiger charge is -2.10. The maximum absolute atomic E-state index is 11.8. The molecule has 0 bridgehead atoms. The zero-order valence-corrected chi connectivity index (χ0v) is 12.4. The van der Waals surface area contributed by atoms with Crippen molar-refractivity contribution in [3.63, 3.8) is 0 Å². The van der Waals surface area contributed by atoms with E-state index in [0.29, 0.717) is 10.3 Å². The Balaban J connectivity index is 2.51. The third-order valence-corrected chi connectivity index (χ3v) is 5.13. The van der Waals surface area contributed by atoms with Gasteiger partial charge in [0, 0.05) is 20.6 Å². The van der Waals surface area contributed by atoms with Gasteiger partial charge < -0.3 is 10.6 Å². The molecule has 0 spiro atoms. The largest absolute Gasteiger partial charge is 0.370 e. The van der Waals surface area contributed by atoms with Gasteiger partial charge in [-0.25, -0.2) is 13.1 Å². The van der Waals surface area contributed by atoms with E-state index in [0.717, 1.165) is 11.3 Å². The molecule has 0 aliphatic heterocycles. The fourth-order valence-corrected chi connectivity index (χ4v) is 3.55. The molecule has 1 rings (SSSR count). The molecule has 0 amide bonds. The summed E-state index contributed by atoms with van der Waals surface area (Å²) in [6.07, 6.45) is 0. The van der Waals surface area contributed by atoms with E-state index in [2.05, 4.69) is 9.71 Å². The van der Waals surface area contributed by atoms with Crippen LogP contribution >= 0.6 is 22.9 Å². The maximum atomic E-state index is 11.8. The van der Waals surface area contributed by atoms with Gasteiger partial charge in [-0.2, -0.15) is 0 Å². The van der Waals surface area contributed by atoms with Crippen LogP contribution in [-0.2, 0) is 10.0 Å². The Morgan fingerprint density at radius 2 is 2.22 bits per heavy atom. The monoisotopic (exact) mass is 310 g/mol. The van der Waals surface area contributed by atoms with Crippen LogP contribution in [0.2, 0.25) is 4.34 Å². The van der Waals surface area contributed by atoms with Crippen LogP contribution in [0.1, 0.15) is 0 Å². The summed E-state index contributed by atoms with van der Waals surface area (Å²) in [7, 11) is 0.0239. The van der Waals surface area contributed by atoms with Crippen molar-refractivity contribution in [2.75, 3.05) is 27.2 Å². The second-order valence-electron chi connectivity index (χ2n) is 3.59. The molecule has 0 radical (unpaired) electrons. The summed E-state index contributed by atoms with van der Waals surface area (Å²) >= 11 is 6.70. The third kappa shape index (κ3) is 4.45. The van der Waals surface area contributed by atoms with Crippen molar-refractivity contribution in [2.45, 2.75) is 4.21 Å². The number of nitrogens with one attached hydrogen (secondary N) is 1. The molecule has 0 aromatic carbocycles. The first-order chi connectivity index (χ1) is 8.33. The van der Waals surface area contributed by atoms with Gasteiger partial charge in [-0.05, 0) is 12.1 Å². The lowest BCUT2D eigenvalue weighted by molar-refractivity contribution is 0.582. The van der Waals surface area contributed by atoms with E-state index < -0.39 is 10.0 Å². The number of nitrogens with zero attached hydrogens (tertiary/aromatic N) is 2. The molecule has 0 aliphatic rings. The molecule has 1 aromatic rings. The molecule has 18 heavy (non-hydrogen) atoms. The van der Waals surface area contributed by atoms with Crippen LogP contribution in [-0.4, -0.2) is 46.5 Å². The zero-order valence-electron chi connectivity index (χ0n) is 10.1. The van der Waals surface area contributed by atoms with E-state index in [1.165, 1.54) is 6.07 Å². The lowest BCUT2D eigenvalue weighted by Crippen LogP contribution is -2.32. The van der Waals surface area contributed by atoms with Gasteiger partial charge in [0.05, 0.1) is 10.9 Å². The topological polar surface area (TPSA) is 87.8 Å². The van der Waals surface area contributed by atoms with Crippen molar-refractivity contribution < 1.29 is 8.42 Å². The summed E-state index contributed by atoms with van der Waals surface area (Å²) in [4.78, 5) is 5.64. The van der Waals surface area contributed by atoms with E-state index in [1.54, 1.807) is 25.1 Å². The zero-order chi connectivity index (χ0) is 13.8. The van der Waals surface area contributed by atoms with Gasteiger partial charge in [-0.3, -0.25) is 4.99 Å². The smallest absolute Gasteiger partial charge is 0.250 e. The van der Waals surface area contributed by atoms with Crippen molar-refractivity contribution in [2.24, 2.45) is 10.7 Å². The van der Waals surface area contributed by atoms with E-state index in [-0.39, 0.29) is 17.3 Å². The highest BCUT2D eigenvalue weighted by Crippen LogP contribution is 2.25. The minimum absolute atomic E-state index is 0.187. The molecule has 9 heteroatoms. The Hall–Kier alpha value is -0.830. The van der Waals surface area contributed by atoms with Crippen LogP contribution in [0.4, 0.5) is 0 Å². The van der Waals surface area contributed by atoms with Gasteiger partial charge in [0.25, 0.3) is 0 Å². The van der Waals surface area contributed by atoms with Crippen molar-refractivity contribution in [1.82, 2.24) is 9.62 Å². The first kappa shape index (κ1) is 15.2. The number of nitrogens with two attached hydrogens (primary N) is 1. The second-order valence-corrected chi connectivity index (χ2v) is 7.30. The summed E-state index contributed by atoms with van der Waals surface area (Å²) in [6.45, 7) is 0.467. The summed E-state index contributed by atoms with van der Waals surface area (Å²) in [5, 5.41) is 0. The first-order valence-corrected chi connectivity index (χ1v) is 7.73. The molecule has 0 unspecified atom stereocenters. The third-order valence-electron chi connectivity index (χ3n) is 1.95. The van der Waals surface area contributed by atoms with Gasteiger partial charge in [-0.1, -0.05) is 11.6 Å². The van der Waals surface area contributed by atoms with Crippen LogP contribution in [0.25, 0.3) is 0 Å². The van der Waals surface area contributed by atoms with Gasteiger partial charge in [0.15, 0.2) is 5.96 Å². The highest BCUT2D eigenvalue weighted by atomic mass is 35.5. The maximum Gasteiger partial charge on any atom is 0.250 e. The molecular weight excluding hydrogens is 296 g/mol. The van der Waals surface area contributed by atoms with Crippen molar-refractivity contribution >= 4 is 38.9 Å². The molecular formula is C9H15ClN4O2S2. The number of rotatable bonds is 5. The number of thiophene rings is 1. The van der Waals surface area contributed by atoms with Crippen molar-refractivity contribution in [3.05, 3.63) is 16.5 Å². The molecule has 102 valence electrons. The minimum Gasteiger partial charge on any atom is -0.370 e. The normalized spacial score (nSPS) is 12.7. The van der Waals surface area contributed by atoms with Crippen LogP contribution in [0.5, 0.6) is 0 Å². The number of hydrogen-bond donors (Lipinski definition) is 2. The van der Waals surface area contributed by atoms with E-state index in [4.69, 9.17) is 17.3 Å². The summed E-state index contributed by atoms with van der Waals surface area (Å²) in [5.74, 6) is 0.355. The molecule has 0 fully saturated rings. The molecule has 1 aromatic heterocycles. The van der Waals surface area contributed by atoms with Crippen LogP contribution in [0.15, 0.2) is 21.3 Å². The first-order valence-electron chi connectivity index (χ1n) is 5.05. The van der Waals surface area contributed by atoms with Gasteiger partial charge in [0.1, 0.15) is 4.21 Å². The summed E-state index contributed by atoms with van der Waals surface area (Å²) < 4.78 is 26.6. The van der Waals surface area contributed by atoms with Crippen molar-refractivity contribution in [3.8, 4) is 0 Å². The molecule has 0 aliphatic carbocycles. The van der Waals surface area contributed by atoms with E-state index in [1.807, 2.05) is 0 Å². The minimum atomic E-state index is -3.50. The van der Waals surface area contributed by atoms with Gasteiger partial charge in [-0.15, -0.1) is 11.3 Å². The molecule has 0 atom stereocenters. The predicted octanol–water partition coefficient (Wildman–Crippen LogP) is 0.556. The van der Waals surface area contributed by atoms with Gasteiger partial charge in [0.2, 0.25) is 10.0 Å². The van der Waals surface area contributed by atoms with E-state index in [9.17, 15) is 8.42 Å². The standard InChI is InChI=1S/C9H15ClN4O2S2/c1-14(2)9(11)12-5-6-13-18(15,16)8-4-3-7(10)17-8/h3-4,13H,5-6H2,1-2H3,(H2,11,12). The van der Waals surface area contributed by atoms with Crippen molar-refractivity contribution in [1.29, 1.82) is 0 Å². The molecule has 1 heterocycles. The average Bonchev–Trinajstić information content (AvgIpc) is 2.71. The number of sulfonamides is 1. The SMILES string of the molecule is CN(C)C(N)=NCCNS(=O)(=O)c1ccc(Cl)s1. The Morgan fingerprint density at radius 3 is 2.72 bits per heavy atom. The molecule has 0 saturated carbocycles. The fraction of sp³-hybridized carbons (Fsp3) is 0.444. The molecule has 3 N–H and O–H groups in total. The fourth-order valence-electron chi connectivity index (χ4n) is 1.01. The van der Waals surface area contributed by atoms with Crippen LogP contribution in [0.3, 0.4) is 0 Å². The molecule has 0 saturated heterocycles. The Kier molecular flexibility index (Phi) is 5.39. The van der Waals surface area contributed by atoms with Crippen LogP contribution < -0.4 is 10.5 Å².